The van der Waals surface area contributed by atoms with Crippen LogP contribution in [0.4, 0.5) is 0 Å². The maximum Gasteiger partial charge on any atom is 0.397 e. The molecule has 32 heavy (non-hydrogen) atoms. The van der Waals surface area contributed by atoms with Crippen LogP contribution in [0.25, 0.3) is 0 Å². The second kappa shape index (κ2) is 7.17. The second-order valence-electron chi connectivity index (χ2n) is 7.48. The second-order valence-corrected chi connectivity index (χ2v) is 8.53. The van der Waals surface area contributed by atoms with Crippen molar-refractivity contribution in [1.82, 2.24) is 10.6 Å². The molecule has 0 unspecified atom stereocenters. The molecule has 0 aromatic heterocycles. The van der Waals surface area contributed by atoms with Gasteiger partial charge in [0.05, 0.1) is 5.56 Å². The minimum atomic E-state index is -5.05. The van der Waals surface area contributed by atoms with Crippen LogP contribution in [0, 0.1) is 0 Å². The molecule has 0 radical (unpaired) electrons. The number of nitrogens with zero attached hydrogens (tertiary/aromatic N) is 2. The Morgan fingerprint density at radius 3 is 2.56 bits per heavy atom. The van der Waals surface area contributed by atoms with E-state index in [4.69, 9.17) is 20.8 Å². The van der Waals surface area contributed by atoms with Crippen LogP contribution >= 0.6 is 0 Å². The van der Waals surface area contributed by atoms with Crippen molar-refractivity contribution in [2.45, 2.75) is 29.6 Å². The van der Waals surface area contributed by atoms with E-state index in [9.17, 15) is 28.5 Å². The highest BCUT2D eigenvalue weighted by atomic mass is 32.3. The number of hydrogen-bond acceptors (Lipinski definition) is 13. The number of ether oxygens (including phenoxy) is 1. The molecule has 0 bridgehead atoms. The summed E-state index contributed by atoms with van der Waals surface area (Å²) < 4.78 is 42.3. The molecule has 0 aliphatic carbocycles. The fraction of sp³-hybridized carbons (Fsp3) is 0.438. The van der Waals surface area contributed by atoms with Crippen molar-refractivity contribution in [1.29, 1.82) is 0 Å². The topological polar surface area (TPSA) is 242 Å². The van der Waals surface area contributed by atoms with Crippen molar-refractivity contribution < 1.29 is 46.6 Å². The van der Waals surface area contributed by atoms with E-state index >= 15 is 0 Å². The number of hydrogen-bond donors (Lipinski definition) is 8. The number of carbonyl (C=O) groups is 1. The Morgan fingerprint density at radius 1 is 1.28 bits per heavy atom. The van der Waals surface area contributed by atoms with Crippen LogP contribution in [0.3, 0.4) is 0 Å². The Hall–Kier alpha value is -3.18. The van der Waals surface area contributed by atoms with Gasteiger partial charge in [-0.15, -0.1) is 0 Å². The molecule has 3 heterocycles. The summed E-state index contributed by atoms with van der Waals surface area (Å²) in [6.07, 6.45) is -1.87. The van der Waals surface area contributed by atoms with E-state index in [0.717, 1.165) is 4.58 Å². The van der Waals surface area contributed by atoms with Gasteiger partial charge in [-0.05, 0) is 24.3 Å². The van der Waals surface area contributed by atoms with Gasteiger partial charge in [-0.1, -0.05) is 0 Å². The number of aliphatic imine (C=N–C) groups is 1. The largest absolute Gasteiger partial charge is 0.508 e. The third-order valence-electron chi connectivity index (χ3n) is 5.55. The maximum atomic E-state index is 12.3. The van der Waals surface area contributed by atoms with E-state index < -0.39 is 52.6 Å². The molecular formula is C16H21N6O9S+. The van der Waals surface area contributed by atoms with Gasteiger partial charge in [0.1, 0.15) is 24.9 Å². The SMILES string of the molecule is NC1=N[C@H]2[C@H](COC(=O)c3ccc(O)cc3)NC(N)=[N+]3C[C@@H](OS(=O)(=O)O)C(O)(O)[C@]23N1. The molecule has 0 amide bonds. The Bertz CT molecular complexity index is 1120. The number of esters is 1. The fourth-order valence-corrected chi connectivity index (χ4v) is 4.69. The average Bonchev–Trinajstić information content (AvgIpc) is 3.15. The van der Waals surface area contributed by atoms with Gasteiger partial charge in [-0.2, -0.15) is 8.42 Å². The number of rotatable bonds is 5. The third kappa shape index (κ3) is 3.37. The van der Waals surface area contributed by atoms with Gasteiger partial charge >= 0.3 is 22.3 Å². The summed E-state index contributed by atoms with van der Waals surface area (Å²) in [5, 5.41) is 36.6. The van der Waals surface area contributed by atoms with Crippen LogP contribution < -0.4 is 22.1 Å². The number of guanidine groups is 2. The highest BCUT2D eigenvalue weighted by Gasteiger charge is 2.76. The van der Waals surface area contributed by atoms with E-state index in [1.807, 2.05) is 0 Å². The molecule has 16 heteroatoms. The van der Waals surface area contributed by atoms with Crippen molar-refractivity contribution in [2.75, 3.05) is 13.2 Å². The summed E-state index contributed by atoms with van der Waals surface area (Å²) in [6.45, 7) is -0.822. The first-order valence-electron chi connectivity index (χ1n) is 9.20. The molecule has 0 saturated carbocycles. The number of benzene rings is 1. The molecule has 1 spiro atoms. The molecule has 10 N–H and O–H groups in total. The number of carbonyl (C=O) groups excluding carboxylic acids is 1. The van der Waals surface area contributed by atoms with Crippen molar-refractivity contribution in [3.8, 4) is 5.75 Å². The molecule has 3 aliphatic rings. The first-order valence-corrected chi connectivity index (χ1v) is 10.6. The highest BCUT2D eigenvalue weighted by molar-refractivity contribution is 7.80. The van der Waals surface area contributed by atoms with Gasteiger partial charge in [0, 0.05) is 0 Å². The number of phenols is 1. The third-order valence-corrected chi connectivity index (χ3v) is 6.02. The number of nitrogens with two attached hydrogens (primary N) is 2. The quantitative estimate of drug-likeness (QED) is 0.0874. The molecule has 3 aliphatic heterocycles. The van der Waals surface area contributed by atoms with Crippen molar-refractivity contribution in [3.63, 3.8) is 0 Å². The van der Waals surface area contributed by atoms with Crippen LogP contribution in [0.1, 0.15) is 10.4 Å². The summed E-state index contributed by atoms with van der Waals surface area (Å²) in [5.74, 6) is -4.09. The predicted octanol–water partition coefficient (Wildman–Crippen LogP) is -4.29. The lowest BCUT2D eigenvalue weighted by Gasteiger charge is -2.43. The standard InChI is InChI=1S/C16H20N6O9S/c17-13-20-11-9(6-30-12(24)7-1-3-8(23)4-2-7)19-14(18)22-5-10(31-32(27,28)29)16(25,26)15(11,22)21-13/h1-4,9-11,25-26H,5-6H2,(H7,17,18,19,20,21,23,24,27,28,29)/p+1/t9-,10+,11-,15-/m0/s1. The lowest BCUT2D eigenvalue weighted by Crippen LogP contribution is -2.78. The van der Waals surface area contributed by atoms with Gasteiger partial charge in [0.25, 0.3) is 5.79 Å². The number of aliphatic hydroxyl groups is 2. The van der Waals surface area contributed by atoms with E-state index in [2.05, 4.69) is 19.8 Å². The summed E-state index contributed by atoms with van der Waals surface area (Å²) in [5.41, 5.74) is 9.97. The normalized spacial score (nSPS) is 30.6. The summed E-state index contributed by atoms with van der Waals surface area (Å²) in [4.78, 5) is 16.5. The van der Waals surface area contributed by atoms with Gasteiger partial charge in [-0.25, -0.2) is 18.5 Å². The van der Waals surface area contributed by atoms with E-state index in [1.54, 1.807) is 0 Å². The van der Waals surface area contributed by atoms with Crippen LogP contribution in [0.15, 0.2) is 29.3 Å². The van der Waals surface area contributed by atoms with Gasteiger partial charge in [0.15, 0.2) is 18.1 Å². The molecular weight excluding hydrogens is 452 g/mol. The van der Waals surface area contributed by atoms with Crippen LogP contribution in [-0.4, -0.2) is 93.5 Å². The summed E-state index contributed by atoms with van der Waals surface area (Å²) >= 11 is 0. The fourth-order valence-electron chi connectivity index (χ4n) is 4.20. The van der Waals surface area contributed by atoms with Crippen molar-refractivity contribution in [3.05, 3.63) is 29.8 Å². The highest BCUT2D eigenvalue weighted by Crippen LogP contribution is 2.42. The summed E-state index contributed by atoms with van der Waals surface area (Å²) in [7, 11) is -5.05. The van der Waals surface area contributed by atoms with Crippen LogP contribution in [-0.2, 0) is 19.3 Å². The smallest absolute Gasteiger partial charge is 0.397 e. The zero-order chi connectivity index (χ0) is 23.5. The predicted molar refractivity (Wildman–Crippen MR) is 105 cm³/mol. The van der Waals surface area contributed by atoms with E-state index in [1.165, 1.54) is 24.3 Å². The molecule has 174 valence electrons. The zero-order valence-electron chi connectivity index (χ0n) is 16.2. The number of aromatic hydroxyl groups is 1. The van der Waals surface area contributed by atoms with Crippen molar-refractivity contribution in [2.24, 2.45) is 16.5 Å². The number of nitrogens with one attached hydrogen (secondary N) is 2. The molecule has 4 rings (SSSR count). The van der Waals surface area contributed by atoms with Gasteiger partial charge in [0.2, 0.25) is 5.66 Å². The first-order chi connectivity index (χ1) is 14.8. The average molecular weight is 473 g/mol. The van der Waals surface area contributed by atoms with Crippen LogP contribution in [0.2, 0.25) is 0 Å². The molecule has 1 aromatic carbocycles. The zero-order valence-corrected chi connectivity index (χ0v) is 17.1. The number of phenolic OH excluding ortho intramolecular Hbond substituents is 1. The lowest BCUT2D eigenvalue weighted by atomic mass is 9.86. The molecule has 1 aromatic rings. The monoisotopic (exact) mass is 473 g/mol. The minimum absolute atomic E-state index is 0.0353. The van der Waals surface area contributed by atoms with Crippen molar-refractivity contribution >= 4 is 28.3 Å². The molecule has 1 saturated heterocycles. The van der Waals surface area contributed by atoms with E-state index in [-0.39, 0.29) is 29.8 Å². The Balaban J connectivity index is 1.62. The first kappa shape index (κ1) is 22.0. The molecule has 1 fully saturated rings. The van der Waals surface area contributed by atoms with Gasteiger partial charge < -0.3 is 31.1 Å². The molecule has 15 nitrogen and oxygen atoms in total. The molecule has 4 atom stereocenters. The maximum absolute atomic E-state index is 12.3. The Morgan fingerprint density at radius 2 is 1.94 bits per heavy atom. The lowest BCUT2D eigenvalue weighted by molar-refractivity contribution is -0.623. The Labute approximate surface area is 180 Å². The minimum Gasteiger partial charge on any atom is -0.508 e. The van der Waals surface area contributed by atoms with E-state index in [0.29, 0.717) is 0 Å². The van der Waals surface area contributed by atoms with Gasteiger partial charge in [-0.3, -0.25) is 15.6 Å². The summed E-state index contributed by atoms with van der Waals surface area (Å²) in [6, 6.07) is 3.24. The van der Waals surface area contributed by atoms with Crippen LogP contribution in [0.5, 0.6) is 5.75 Å². The Kier molecular flexibility index (Phi) is 4.94.